The van der Waals surface area contributed by atoms with Gasteiger partial charge in [0.1, 0.15) is 0 Å². The van der Waals surface area contributed by atoms with Crippen LogP contribution >= 0.6 is 0 Å². The SMILES string of the molecule is C#CCN(CC(=O)O)CC(C)(C)C. The quantitative estimate of drug-likeness (QED) is 0.662. The van der Waals surface area contributed by atoms with Crippen LogP contribution in [0.2, 0.25) is 0 Å². The molecule has 0 saturated heterocycles. The van der Waals surface area contributed by atoms with E-state index in [-0.39, 0.29) is 12.0 Å². The predicted molar refractivity (Wildman–Crippen MR) is 52.4 cm³/mol. The fourth-order valence-corrected chi connectivity index (χ4v) is 1.16. The van der Waals surface area contributed by atoms with Gasteiger partial charge in [0.2, 0.25) is 0 Å². The van der Waals surface area contributed by atoms with Crippen molar-refractivity contribution in [1.82, 2.24) is 4.90 Å². The van der Waals surface area contributed by atoms with Crippen molar-refractivity contribution in [2.75, 3.05) is 19.6 Å². The summed E-state index contributed by atoms with van der Waals surface area (Å²) in [6, 6.07) is 0. The number of nitrogens with zero attached hydrogens (tertiary/aromatic N) is 1. The van der Waals surface area contributed by atoms with Gasteiger partial charge in [-0.2, -0.15) is 0 Å². The summed E-state index contributed by atoms with van der Waals surface area (Å²) in [7, 11) is 0. The van der Waals surface area contributed by atoms with Crippen LogP contribution in [0.3, 0.4) is 0 Å². The van der Waals surface area contributed by atoms with Gasteiger partial charge in [-0.25, -0.2) is 0 Å². The Kier molecular flexibility index (Phi) is 4.50. The summed E-state index contributed by atoms with van der Waals surface area (Å²) in [6.07, 6.45) is 5.14. The van der Waals surface area contributed by atoms with Gasteiger partial charge in [0.15, 0.2) is 0 Å². The van der Waals surface area contributed by atoms with Crippen molar-refractivity contribution in [1.29, 1.82) is 0 Å². The normalized spacial score (nSPS) is 11.3. The number of hydrogen-bond donors (Lipinski definition) is 1. The second kappa shape index (κ2) is 4.88. The Morgan fingerprint density at radius 1 is 1.54 bits per heavy atom. The Labute approximate surface area is 79.7 Å². The number of carboxylic acid groups (broad SMARTS) is 1. The third-order valence-electron chi connectivity index (χ3n) is 1.37. The lowest BCUT2D eigenvalue weighted by molar-refractivity contribution is -0.138. The van der Waals surface area contributed by atoms with Crippen molar-refractivity contribution in [2.45, 2.75) is 20.8 Å². The molecule has 1 N–H and O–H groups in total. The van der Waals surface area contributed by atoms with Crippen LogP contribution in [0.25, 0.3) is 0 Å². The zero-order valence-corrected chi connectivity index (χ0v) is 8.50. The van der Waals surface area contributed by atoms with Gasteiger partial charge in [-0.3, -0.25) is 9.69 Å². The first-order chi connectivity index (χ1) is 5.85. The summed E-state index contributed by atoms with van der Waals surface area (Å²) in [6.45, 7) is 7.27. The Morgan fingerprint density at radius 2 is 2.08 bits per heavy atom. The molecule has 0 spiro atoms. The van der Waals surface area contributed by atoms with Crippen LogP contribution < -0.4 is 0 Å². The summed E-state index contributed by atoms with van der Waals surface area (Å²) >= 11 is 0. The zero-order chi connectivity index (χ0) is 10.5. The van der Waals surface area contributed by atoms with Gasteiger partial charge in [0.05, 0.1) is 13.1 Å². The standard InChI is InChI=1S/C10H17NO2/c1-5-6-11(7-9(12)13)8-10(2,3)4/h1H,6-8H2,2-4H3,(H,12,13). The van der Waals surface area contributed by atoms with Crippen molar-refractivity contribution in [3.63, 3.8) is 0 Å². The zero-order valence-electron chi connectivity index (χ0n) is 8.50. The number of hydrogen-bond acceptors (Lipinski definition) is 2. The monoisotopic (exact) mass is 183 g/mol. The van der Waals surface area contributed by atoms with E-state index in [0.29, 0.717) is 13.1 Å². The van der Waals surface area contributed by atoms with Gasteiger partial charge < -0.3 is 5.11 Å². The summed E-state index contributed by atoms with van der Waals surface area (Å²) in [5.74, 6) is 1.62. The van der Waals surface area contributed by atoms with Crippen molar-refractivity contribution in [2.24, 2.45) is 5.41 Å². The number of aliphatic carboxylic acids is 1. The molecule has 0 heterocycles. The number of terminal acetylenes is 1. The molecule has 0 aliphatic heterocycles. The molecule has 0 fully saturated rings. The molecule has 0 amide bonds. The minimum atomic E-state index is -0.834. The predicted octanol–water partition coefficient (Wildman–Crippen LogP) is 1.05. The van der Waals surface area contributed by atoms with Gasteiger partial charge in [0.25, 0.3) is 0 Å². The summed E-state index contributed by atoms with van der Waals surface area (Å²) in [4.78, 5) is 12.2. The first-order valence-corrected chi connectivity index (χ1v) is 4.23. The van der Waals surface area contributed by atoms with Crippen LogP contribution in [-0.4, -0.2) is 35.6 Å². The van der Waals surface area contributed by atoms with Gasteiger partial charge in [-0.05, 0) is 5.41 Å². The van der Waals surface area contributed by atoms with E-state index >= 15 is 0 Å². The van der Waals surface area contributed by atoms with Crippen molar-refractivity contribution < 1.29 is 9.90 Å². The highest BCUT2D eigenvalue weighted by atomic mass is 16.4. The maximum atomic E-state index is 10.5. The number of rotatable bonds is 4. The maximum Gasteiger partial charge on any atom is 0.317 e. The van der Waals surface area contributed by atoms with E-state index in [4.69, 9.17) is 11.5 Å². The molecule has 3 heteroatoms. The molecule has 0 unspecified atom stereocenters. The molecule has 0 aromatic heterocycles. The minimum absolute atomic E-state index is 0.0153. The summed E-state index contributed by atoms with van der Waals surface area (Å²) in [5, 5.41) is 8.60. The van der Waals surface area contributed by atoms with E-state index in [1.165, 1.54) is 0 Å². The largest absolute Gasteiger partial charge is 0.480 e. The van der Waals surface area contributed by atoms with Gasteiger partial charge in [-0.1, -0.05) is 26.7 Å². The second-order valence-electron chi connectivity index (χ2n) is 4.30. The van der Waals surface area contributed by atoms with E-state index in [2.05, 4.69) is 26.7 Å². The Balaban J connectivity index is 4.11. The lowest BCUT2D eigenvalue weighted by Gasteiger charge is -2.26. The molecule has 0 aliphatic carbocycles. The summed E-state index contributed by atoms with van der Waals surface area (Å²) in [5.41, 5.74) is 0.0757. The maximum absolute atomic E-state index is 10.5. The molecule has 0 rings (SSSR count). The molecule has 0 atom stereocenters. The third kappa shape index (κ3) is 7.35. The molecule has 0 radical (unpaired) electrons. The first-order valence-electron chi connectivity index (χ1n) is 4.23. The minimum Gasteiger partial charge on any atom is -0.480 e. The molecular formula is C10H17NO2. The fourth-order valence-electron chi connectivity index (χ4n) is 1.16. The molecule has 0 saturated carbocycles. The molecule has 0 aromatic rings. The number of carbonyl (C=O) groups is 1. The smallest absolute Gasteiger partial charge is 0.317 e. The van der Waals surface area contributed by atoms with Crippen LogP contribution in [0.5, 0.6) is 0 Å². The van der Waals surface area contributed by atoms with E-state index in [9.17, 15) is 4.79 Å². The third-order valence-corrected chi connectivity index (χ3v) is 1.37. The average Bonchev–Trinajstić information content (AvgIpc) is 1.81. The van der Waals surface area contributed by atoms with E-state index in [0.717, 1.165) is 0 Å². The highest BCUT2D eigenvalue weighted by Crippen LogP contribution is 2.14. The van der Waals surface area contributed by atoms with Crippen LogP contribution in [0.1, 0.15) is 20.8 Å². The molecule has 0 aliphatic rings. The van der Waals surface area contributed by atoms with Crippen molar-refractivity contribution >= 4 is 5.97 Å². The van der Waals surface area contributed by atoms with Gasteiger partial charge >= 0.3 is 5.97 Å². The van der Waals surface area contributed by atoms with Gasteiger partial charge in [0, 0.05) is 6.54 Å². The highest BCUT2D eigenvalue weighted by molar-refractivity contribution is 5.69. The number of carboxylic acids is 1. The molecular weight excluding hydrogens is 166 g/mol. The van der Waals surface area contributed by atoms with Crippen LogP contribution in [-0.2, 0) is 4.79 Å². The lowest BCUT2D eigenvalue weighted by Crippen LogP contribution is -2.36. The molecule has 3 nitrogen and oxygen atoms in total. The Hall–Kier alpha value is -1.01. The van der Waals surface area contributed by atoms with Crippen molar-refractivity contribution in [3.05, 3.63) is 0 Å². The highest BCUT2D eigenvalue weighted by Gasteiger charge is 2.17. The van der Waals surface area contributed by atoms with Crippen LogP contribution in [0.4, 0.5) is 0 Å². The summed E-state index contributed by atoms with van der Waals surface area (Å²) < 4.78 is 0. The van der Waals surface area contributed by atoms with Crippen LogP contribution in [0.15, 0.2) is 0 Å². The molecule has 74 valence electrons. The van der Waals surface area contributed by atoms with E-state index in [1.807, 2.05) is 0 Å². The van der Waals surface area contributed by atoms with E-state index in [1.54, 1.807) is 4.90 Å². The lowest BCUT2D eigenvalue weighted by atomic mass is 9.96. The van der Waals surface area contributed by atoms with E-state index < -0.39 is 5.97 Å². The average molecular weight is 183 g/mol. The van der Waals surface area contributed by atoms with Crippen molar-refractivity contribution in [3.8, 4) is 12.3 Å². The Morgan fingerprint density at radius 3 is 2.38 bits per heavy atom. The fraction of sp³-hybridized carbons (Fsp3) is 0.700. The first kappa shape index (κ1) is 12.0. The topological polar surface area (TPSA) is 40.5 Å². The Bertz CT molecular complexity index is 210. The molecule has 0 bridgehead atoms. The second-order valence-corrected chi connectivity index (χ2v) is 4.30. The molecule has 0 aromatic carbocycles. The molecule has 13 heavy (non-hydrogen) atoms. The van der Waals surface area contributed by atoms with Crippen LogP contribution in [0, 0.1) is 17.8 Å². The van der Waals surface area contributed by atoms with Gasteiger partial charge in [-0.15, -0.1) is 6.42 Å².